The first-order valence-electron chi connectivity index (χ1n) is 12.4. The van der Waals surface area contributed by atoms with E-state index in [9.17, 15) is 4.79 Å². The molecule has 2 nitrogen and oxygen atoms in total. The van der Waals surface area contributed by atoms with Gasteiger partial charge < -0.3 is 4.43 Å². The van der Waals surface area contributed by atoms with E-state index in [2.05, 4.69) is 33.9 Å². The van der Waals surface area contributed by atoms with Crippen LogP contribution in [0.5, 0.6) is 0 Å². The van der Waals surface area contributed by atoms with Crippen molar-refractivity contribution in [2.75, 3.05) is 0 Å². The Balaban J connectivity index is 1.59. The molecule has 0 N–H and O–H groups in total. The summed E-state index contributed by atoms with van der Waals surface area (Å²) < 4.78 is 7.13. The van der Waals surface area contributed by atoms with Gasteiger partial charge in [-0.05, 0) is 93.2 Å². The molecule has 4 rings (SSSR count). The Hall–Kier alpha value is -0.153. The summed E-state index contributed by atoms with van der Waals surface area (Å²) in [5, 5.41) is 0. The standard InChI is InChI=1S/C25H44O2Si/c1-6-7-17-28(4,5)27-23-10-8-9-18-11-12-19-20-13-14-22(26)24(20,2)16-15-21(19)25(18,23)3/h18-21,23H,6-17H2,1-5H3/t18-,19+,20+,21+,23?,24+,25+/m1/s1. The zero-order valence-electron chi connectivity index (χ0n) is 19.2. The summed E-state index contributed by atoms with van der Waals surface area (Å²) in [7, 11) is -1.60. The van der Waals surface area contributed by atoms with E-state index in [1.165, 1.54) is 63.8 Å². The summed E-state index contributed by atoms with van der Waals surface area (Å²) in [5.74, 6) is 3.65. The molecule has 4 aliphatic carbocycles. The van der Waals surface area contributed by atoms with E-state index in [0.29, 0.717) is 23.2 Å². The fourth-order valence-electron chi connectivity index (χ4n) is 8.29. The molecule has 160 valence electrons. The molecule has 1 unspecified atom stereocenters. The Bertz CT molecular complexity index is 601. The van der Waals surface area contributed by atoms with Crippen LogP contribution in [0.4, 0.5) is 0 Å². The van der Waals surface area contributed by atoms with Crippen molar-refractivity contribution in [2.24, 2.45) is 34.5 Å². The average molecular weight is 405 g/mol. The first kappa shape index (κ1) is 21.1. The summed E-state index contributed by atoms with van der Waals surface area (Å²) in [5.41, 5.74) is 0.356. The van der Waals surface area contributed by atoms with Crippen molar-refractivity contribution in [3.8, 4) is 0 Å². The maximum Gasteiger partial charge on any atom is 0.187 e. The number of fused-ring (bicyclic) bond motifs is 5. The Morgan fingerprint density at radius 1 is 1.04 bits per heavy atom. The molecule has 28 heavy (non-hydrogen) atoms. The fraction of sp³-hybridized carbons (Fsp3) is 0.960. The van der Waals surface area contributed by atoms with Crippen LogP contribution in [0.2, 0.25) is 19.1 Å². The van der Waals surface area contributed by atoms with Gasteiger partial charge in [0.25, 0.3) is 0 Å². The van der Waals surface area contributed by atoms with Gasteiger partial charge in [0.2, 0.25) is 0 Å². The number of Topliss-reactive ketones (excluding diaryl/α,β-unsaturated/α-hetero) is 1. The molecule has 4 aliphatic rings. The van der Waals surface area contributed by atoms with Crippen LogP contribution in [0.25, 0.3) is 0 Å². The summed E-state index contributed by atoms with van der Waals surface area (Å²) in [6.07, 6.45) is 14.3. The van der Waals surface area contributed by atoms with Crippen LogP contribution in [0.1, 0.15) is 91.4 Å². The van der Waals surface area contributed by atoms with Gasteiger partial charge in [-0.15, -0.1) is 0 Å². The van der Waals surface area contributed by atoms with E-state index in [-0.39, 0.29) is 5.41 Å². The SMILES string of the molecule is CCCC[Si](C)(C)OC1CCC[C@@H]2CC[C@@H]3[C@H](CC[C@]4(C)C(=O)CC[C@@H]34)[C@@]12C. The van der Waals surface area contributed by atoms with Gasteiger partial charge >= 0.3 is 0 Å². The molecule has 0 heterocycles. The van der Waals surface area contributed by atoms with E-state index in [4.69, 9.17) is 4.43 Å². The van der Waals surface area contributed by atoms with Crippen LogP contribution in [0, 0.1) is 34.5 Å². The van der Waals surface area contributed by atoms with E-state index < -0.39 is 8.32 Å². The van der Waals surface area contributed by atoms with Gasteiger partial charge in [-0.2, -0.15) is 0 Å². The lowest BCUT2D eigenvalue weighted by molar-refractivity contribution is -0.159. The zero-order valence-corrected chi connectivity index (χ0v) is 20.2. The predicted octanol–water partition coefficient (Wildman–Crippen LogP) is 6.99. The van der Waals surface area contributed by atoms with Crippen molar-refractivity contribution in [1.82, 2.24) is 0 Å². The second-order valence-electron chi connectivity index (χ2n) is 11.8. The number of carbonyl (C=O) groups is 1. The molecule has 0 bridgehead atoms. The number of hydrogen-bond acceptors (Lipinski definition) is 2. The zero-order chi connectivity index (χ0) is 20.2. The molecule has 7 atom stereocenters. The molecule has 0 aromatic rings. The number of carbonyl (C=O) groups excluding carboxylic acids is 1. The Morgan fingerprint density at radius 2 is 1.82 bits per heavy atom. The van der Waals surface area contributed by atoms with Crippen LogP contribution < -0.4 is 0 Å². The molecule has 3 heteroatoms. The van der Waals surface area contributed by atoms with Crippen molar-refractivity contribution in [3.05, 3.63) is 0 Å². The highest BCUT2D eigenvalue weighted by Gasteiger charge is 2.62. The van der Waals surface area contributed by atoms with Gasteiger partial charge in [-0.3, -0.25) is 4.79 Å². The van der Waals surface area contributed by atoms with Crippen molar-refractivity contribution >= 4 is 14.1 Å². The molecule has 4 saturated carbocycles. The van der Waals surface area contributed by atoms with Crippen molar-refractivity contribution < 1.29 is 9.22 Å². The topological polar surface area (TPSA) is 26.3 Å². The third kappa shape index (κ3) is 3.27. The van der Waals surface area contributed by atoms with Gasteiger partial charge in [0.15, 0.2) is 8.32 Å². The molecule has 4 fully saturated rings. The highest BCUT2D eigenvalue weighted by molar-refractivity contribution is 6.71. The maximum absolute atomic E-state index is 12.7. The quantitative estimate of drug-likeness (QED) is 0.462. The minimum Gasteiger partial charge on any atom is -0.414 e. The largest absolute Gasteiger partial charge is 0.414 e. The average Bonchev–Trinajstić information content (AvgIpc) is 2.96. The Labute approximate surface area is 174 Å². The van der Waals surface area contributed by atoms with Gasteiger partial charge in [0.05, 0.1) is 6.10 Å². The smallest absolute Gasteiger partial charge is 0.187 e. The summed E-state index contributed by atoms with van der Waals surface area (Å²) in [4.78, 5) is 12.7. The van der Waals surface area contributed by atoms with Crippen LogP contribution >= 0.6 is 0 Å². The van der Waals surface area contributed by atoms with Gasteiger partial charge in [0.1, 0.15) is 5.78 Å². The third-order valence-corrected chi connectivity index (χ3v) is 12.5. The van der Waals surface area contributed by atoms with Crippen LogP contribution in [0.3, 0.4) is 0 Å². The molecule has 0 aromatic heterocycles. The molecule has 0 aromatic carbocycles. The van der Waals surface area contributed by atoms with Crippen LogP contribution in [0.15, 0.2) is 0 Å². The first-order valence-corrected chi connectivity index (χ1v) is 15.5. The van der Waals surface area contributed by atoms with E-state index in [1.54, 1.807) is 0 Å². The van der Waals surface area contributed by atoms with Gasteiger partial charge in [0, 0.05) is 11.8 Å². The Kier molecular flexibility index (Phi) is 5.66. The molecular formula is C25H44O2Si. The minimum atomic E-state index is -1.60. The molecule has 0 spiro atoms. The number of ketones is 1. The predicted molar refractivity (Wildman–Crippen MR) is 119 cm³/mol. The van der Waals surface area contributed by atoms with Crippen molar-refractivity contribution in [3.63, 3.8) is 0 Å². The fourth-order valence-corrected chi connectivity index (χ4v) is 10.8. The lowest BCUT2D eigenvalue weighted by Gasteiger charge is -2.62. The third-order valence-electron chi connectivity index (χ3n) is 9.98. The van der Waals surface area contributed by atoms with Crippen LogP contribution in [-0.2, 0) is 9.22 Å². The number of rotatable bonds is 5. The number of unbranched alkanes of at least 4 members (excludes halogenated alkanes) is 1. The monoisotopic (exact) mass is 404 g/mol. The second kappa shape index (κ2) is 7.52. The van der Waals surface area contributed by atoms with Crippen molar-refractivity contribution in [1.29, 1.82) is 0 Å². The summed E-state index contributed by atoms with van der Waals surface area (Å²) >= 11 is 0. The summed E-state index contributed by atoms with van der Waals surface area (Å²) in [6.45, 7) is 12.2. The minimum absolute atomic E-state index is 0.00449. The first-order chi connectivity index (χ1) is 13.2. The molecule has 0 amide bonds. The highest BCUT2D eigenvalue weighted by Crippen LogP contribution is 2.66. The second-order valence-corrected chi connectivity index (χ2v) is 16.1. The summed E-state index contributed by atoms with van der Waals surface area (Å²) in [6, 6.07) is 1.31. The Morgan fingerprint density at radius 3 is 2.57 bits per heavy atom. The van der Waals surface area contributed by atoms with E-state index in [1.807, 2.05) is 0 Å². The maximum atomic E-state index is 12.7. The number of hydrogen-bond donors (Lipinski definition) is 0. The molecule has 0 saturated heterocycles. The molecular weight excluding hydrogens is 360 g/mol. The molecule has 0 radical (unpaired) electrons. The lowest BCUT2D eigenvalue weighted by atomic mass is 9.44. The molecule has 0 aliphatic heterocycles. The van der Waals surface area contributed by atoms with Crippen LogP contribution in [-0.4, -0.2) is 20.2 Å². The normalized spacial score (nSPS) is 46.0. The van der Waals surface area contributed by atoms with E-state index in [0.717, 1.165) is 30.6 Å². The van der Waals surface area contributed by atoms with Crippen molar-refractivity contribution in [2.45, 2.75) is 117 Å². The van der Waals surface area contributed by atoms with Gasteiger partial charge in [-0.25, -0.2) is 0 Å². The highest BCUT2D eigenvalue weighted by atomic mass is 28.4. The van der Waals surface area contributed by atoms with E-state index >= 15 is 0 Å². The lowest BCUT2D eigenvalue weighted by Crippen LogP contribution is -2.59. The van der Waals surface area contributed by atoms with Gasteiger partial charge in [-0.1, -0.05) is 40.0 Å².